The Morgan fingerprint density at radius 3 is 2.26 bits per heavy atom. The third-order valence-electron chi connectivity index (χ3n) is 2.55. The van der Waals surface area contributed by atoms with Gasteiger partial charge in [-0.15, -0.1) is 0 Å². The molecule has 94 valence electrons. The van der Waals surface area contributed by atoms with Crippen molar-refractivity contribution < 1.29 is 14.3 Å². The minimum atomic E-state index is -0.495. The van der Waals surface area contributed by atoms with Crippen LogP contribution in [0.2, 0.25) is 0 Å². The predicted molar refractivity (Wildman–Crippen MR) is 72.4 cm³/mol. The van der Waals surface area contributed by atoms with Crippen LogP contribution in [0.25, 0.3) is 0 Å². The zero-order chi connectivity index (χ0) is 13.7. The zero-order valence-corrected chi connectivity index (χ0v) is 10.2. The maximum Gasteiger partial charge on any atom is 0.343 e. The summed E-state index contributed by atoms with van der Waals surface area (Å²) in [7, 11) is 0. The number of carbonyl (C=O) groups is 2. The van der Waals surface area contributed by atoms with Gasteiger partial charge in [-0.3, -0.25) is 4.79 Å². The molecule has 0 atom stereocenters. The molecule has 0 unspecified atom stereocenters. The summed E-state index contributed by atoms with van der Waals surface area (Å²) in [5.41, 5.74) is 0.755. The van der Waals surface area contributed by atoms with Crippen molar-refractivity contribution in [3.63, 3.8) is 0 Å². The van der Waals surface area contributed by atoms with Crippen molar-refractivity contribution >= 4 is 11.8 Å². The van der Waals surface area contributed by atoms with Gasteiger partial charge >= 0.3 is 5.97 Å². The van der Waals surface area contributed by atoms with Gasteiger partial charge in [-0.1, -0.05) is 36.9 Å². The molecule has 0 N–H and O–H groups in total. The van der Waals surface area contributed by atoms with Crippen LogP contribution in [0, 0.1) is 0 Å². The summed E-state index contributed by atoms with van der Waals surface area (Å²) in [5, 5.41) is 0. The van der Waals surface area contributed by atoms with Crippen molar-refractivity contribution in [2.75, 3.05) is 0 Å². The van der Waals surface area contributed by atoms with Crippen LogP contribution in [0.1, 0.15) is 20.7 Å². The summed E-state index contributed by atoms with van der Waals surface area (Å²) in [5.74, 6) is -0.539. The lowest BCUT2D eigenvalue weighted by Gasteiger charge is -2.07. The first-order valence-electron chi connectivity index (χ1n) is 5.75. The molecule has 0 radical (unpaired) electrons. The molecular weight excluding hydrogens is 240 g/mol. The fraction of sp³-hybridized carbons (Fsp3) is 0. The number of hydrogen-bond donors (Lipinski definition) is 0. The minimum Gasteiger partial charge on any atom is -0.422 e. The van der Waals surface area contributed by atoms with Crippen molar-refractivity contribution in [1.29, 1.82) is 0 Å². The third kappa shape index (κ3) is 2.96. The average Bonchev–Trinajstić information content (AvgIpc) is 2.48. The molecule has 3 heteroatoms. The van der Waals surface area contributed by atoms with Gasteiger partial charge in [0.25, 0.3) is 0 Å². The molecule has 0 aliphatic rings. The van der Waals surface area contributed by atoms with Gasteiger partial charge in [-0.2, -0.15) is 0 Å². The molecule has 0 amide bonds. The number of allylic oxidation sites excluding steroid dienone is 1. The van der Waals surface area contributed by atoms with Gasteiger partial charge in [-0.05, 0) is 30.3 Å². The first-order valence-corrected chi connectivity index (χ1v) is 5.75. The molecule has 0 aliphatic heterocycles. The largest absolute Gasteiger partial charge is 0.422 e. The summed E-state index contributed by atoms with van der Waals surface area (Å²) in [4.78, 5) is 23.6. The van der Waals surface area contributed by atoms with Crippen LogP contribution in [-0.2, 0) is 0 Å². The van der Waals surface area contributed by atoms with Crippen molar-refractivity contribution in [3.8, 4) is 5.75 Å². The highest BCUT2D eigenvalue weighted by atomic mass is 16.5. The fourth-order valence-corrected chi connectivity index (χ4v) is 1.60. The standard InChI is InChI=1S/C16H12O3/c1-2-14(17)13-10-6-7-11-15(13)19-16(18)12-8-4-3-5-9-12/h2-11H,1H2. The first-order chi connectivity index (χ1) is 9.22. The second-order valence-electron chi connectivity index (χ2n) is 3.82. The van der Waals surface area contributed by atoms with Gasteiger partial charge in [0, 0.05) is 0 Å². The molecule has 0 aliphatic carbocycles. The van der Waals surface area contributed by atoms with Gasteiger partial charge in [0.2, 0.25) is 0 Å². The molecule has 0 aromatic heterocycles. The van der Waals surface area contributed by atoms with E-state index in [2.05, 4.69) is 6.58 Å². The molecule has 0 spiro atoms. The highest BCUT2D eigenvalue weighted by Gasteiger charge is 2.13. The number of ketones is 1. The van der Waals surface area contributed by atoms with Crippen molar-refractivity contribution in [2.24, 2.45) is 0 Å². The van der Waals surface area contributed by atoms with Crippen LogP contribution >= 0.6 is 0 Å². The molecular formula is C16H12O3. The SMILES string of the molecule is C=CC(=O)c1ccccc1OC(=O)c1ccccc1. The van der Waals surface area contributed by atoms with E-state index in [1.807, 2.05) is 6.07 Å². The number of hydrogen-bond acceptors (Lipinski definition) is 3. The van der Waals surface area contributed by atoms with Crippen LogP contribution in [-0.4, -0.2) is 11.8 Å². The van der Waals surface area contributed by atoms with Gasteiger partial charge in [-0.25, -0.2) is 4.79 Å². The average molecular weight is 252 g/mol. The normalized spacial score (nSPS) is 9.68. The quantitative estimate of drug-likeness (QED) is 0.363. The molecule has 2 aromatic carbocycles. The lowest BCUT2D eigenvalue weighted by atomic mass is 10.1. The van der Waals surface area contributed by atoms with E-state index < -0.39 is 5.97 Å². The van der Waals surface area contributed by atoms with Gasteiger partial charge in [0.15, 0.2) is 5.78 Å². The molecule has 3 nitrogen and oxygen atoms in total. The second kappa shape index (κ2) is 5.78. The molecule has 0 saturated carbocycles. The fourth-order valence-electron chi connectivity index (χ4n) is 1.60. The summed E-state index contributed by atoms with van der Waals surface area (Å²) >= 11 is 0. The van der Waals surface area contributed by atoms with E-state index in [0.717, 1.165) is 0 Å². The number of esters is 1. The molecule has 0 heterocycles. The lowest BCUT2D eigenvalue weighted by Crippen LogP contribution is -2.10. The molecule has 2 aromatic rings. The number of rotatable bonds is 4. The highest BCUT2D eigenvalue weighted by Crippen LogP contribution is 2.20. The summed E-state index contributed by atoms with van der Waals surface area (Å²) in [6, 6.07) is 15.2. The number of carbonyl (C=O) groups excluding carboxylic acids is 2. The summed E-state index contributed by atoms with van der Waals surface area (Å²) in [6.07, 6.45) is 1.19. The zero-order valence-electron chi connectivity index (χ0n) is 10.2. The van der Waals surface area contributed by atoms with E-state index in [4.69, 9.17) is 4.74 Å². The molecule has 0 saturated heterocycles. The summed E-state index contributed by atoms with van der Waals surface area (Å²) < 4.78 is 5.25. The Morgan fingerprint density at radius 2 is 1.58 bits per heavy atom. The van der Waals surface area contributed by atoms with Crippen LogP contribution in [0.15, 0.2) is 67.3 Å². The first kappa shape index (κ1) is 12.8. The molecule has 0 bridgehead atoms. The molecule has 0 fully saturated rings. The van der Waals surface area contributed by atoms with Crippen molar-refractivity contribution in [1.82, 2.24) is 0 Å². The van der Waals surface area contributed by atoms with Crippen LogP contribution in [0.5, 0.6) is 5.75 Å². The smallest absolute Gasteiger partial charge is 0.343 e. The highest BCUT2D eigenvalue weighted by molar-refractivity contribution is 6.06. The molecule has 2 rings (SSSR count). The monoisotopic (exact) mass is 252 g/mol. The van der Waals surface area contributed by atoms with E-state index in [-0.39, 0.29) is 11.5 Å². The lowest BCUT2D eigenvalue weighted by molar-refractivity contribution is 0.0733. The van der Waals surface area contributed by atoms with Gasteiger partial charge in [0.05, 0.1) is 11.1 Å². The van der Waals surface area contributed by atoms with E-state index in [9.17, 15) is 9.59 Å². The van der Waals surface area contributed by atoms with E-state index in [0.29, 0.717) is 11.1 Å². The van der Waals surface area contributed by atoms with Crippen LogP contribution in [0.4, 0.5) is 0 Å². The van der Waals surface area contributed by atoms with Crippen molar-refractivity contribution in [2.45, 2.75) is 0 Å². The van der Waals surface area contributed by atoms with E-state index in [1.165, 1.54) is 6.08 Å². The topological polar surface area (TPSA) is 43.4 Å². The maximum absolute atomic E-state index is 11.9. The van der Waals surface area contributed by atoms with Crippen LogP contribution < -0.4 is 4.74 Å². The van der Waals surface area contributed by atoms with Gasteiger partial charge in [0.1, 0.15) is 5.75 Å². The summed E-state index contributed by atoms with van der Waals surface area (Å²) in [6.45, 7) is 3.43. The number of benzene rings is 2. The Kier molecular flexibility index (Phi) is 3.88. The Balaban J connectivity index is 2.27. The minimum absolute atomic E-state index is 0.237. The van der Waals surface area contributed by atoms with E-state index >= 15 is 0 Å². The van der Waals surface area contributed by atoms with E-state index in [1.54, 1.807) is 48.5 Å². The predicted octanol–water partition coefficient (Wildman–Crippen LogP) is 3.27. The van der Waals surface area contributed by atoms with Gasteiger partial charge < -0.3 is 4.74 Å². The molecule has 19 heavy (non-hydrogen) atoms. The second-order valence-corrected chi connectivity index (χ2v) is 3.82. The Labute approximate surface area is 111 Å². The Morgan fingerprint density at radius 1 is 0.947 bits per heavy atom. The Bertz CT molecular complexity index is 615. The number of ether oxygens (including phenoxy) is 1. The number of para-hydroxylation sites is 1. The van der Waals surface area contributed by atoms with Crippen LogP contribution in [0.3, 0.4) is 0 Å². The third-order valence-corrected chi connectivity index (χ3v) is 2.55. The van der Waals surface area contributed by atoms with Crippen molar-refractivity contribution in [3.05, 3.63) is 78.4 Å². The Hall–Kier alpha value is -2.68. The maximum atomic E-state index is 11.9.